The second-order valence-electron chi connectivity index (χ2n) is 3.09. The molecule has 0 unspecified atom stereocenters. The van der Waals surface area contributed by atoms with Gasteiger partial charge >= 0.3 is 6.18 Å². The molecule has 0 saturated carbocycles. The van der Waals surface area contributed by atoms with Crippen molar-refractivity contribution in [1.29, 1.82) is 0 Å². The summed E-state index contributed by atoms with van der Waals surface area (Å²) in [5.41, 5.74) is 0. The molecule has 1 rings (SSSR count). The molecule has 0 aliphatic carbocycles. The maximum absolute atomic E-state index is 11.7. The van der Waals surface area contributed by atoms with E-state index in [9.17, 15) is 18.0 Å². The number of halogens is 3. The molecule has 5 nitrogen and oxygen atoms in total. The highest BCUT2D eigenvalue weighted by Crippen LogP contribution is 2.15. The lowest BCUT2D eigenvalue weighted by atomic mass is 10.3. The van der Waals surface area contributed by atoms with Gasteiger partial charge in [0.15, 0.2) is 5.82 Å². The van der Waals surface area contributed by atoms with Crippen LogP contribution < -0.4 is 0 Å². The number of aromatic nitrogens is 2. The van der Waals surface area contributed by atoms with Crippen molar-refractivity contribution in [2.75, 3.05) is 6.61 Å². The van der Waals surface area contributed by atoms with Gasteiger partial charge in [0.25, 0.3) is 0 Å². The van der Waals surface area contributed by atoms with Crippen molar-refractivity contribution in [2.24, 2.45) is 0 Å². The van der Waals surface area contributed by atoms with Crippen LogP contribution in [0, 0.1) is 0 Å². The fraction of sp³-hybridized carbons (Fsp3) is 0.625. The van der Waals surface area contributed by atoms with Crippen LogP contribution in [-0.4, -0.2) is 28.7 Å². The molecule has 1 heterocycles. The molecule has 90 valence electrons. The predicted molar refractivity (Wildman–Crippen MR) is 44.4 cm³/mol. The highest BCUT2D eigenvalue weighted by atomic mass is 19.4. The molecule has 0 aromatic carbocycles. The summed E-state index contributed by atoms with van der Waals surface area (Å²) in [5, 5.41) is 3.36. The van der Waals surface area contributed by atoms with Crippen LogP contribution in [0.3, 0.4) is 0 Å². The molecule has 0 spiro atoms. The van der Waals surface area contributed by atoms with E-state index in [4.69, 9.17) is 0 Å². The number of hydrogen-bond acceptors (Lipinski definition) is 5. The summed E-state index contributed by atoms with van der Waals surface area (Å²) in [6, 6.07) is 0. The Morgan fingerprint density at radius 2 is 2.19 bits per heavy atom. The topological polar surface area (TPSA) is 65.2 Å². The SMILES string of the molecule is CC(=O)Cc1nc(COCC(F)(F)F)no1. The van der Waals surface area contributed by atoms with Crippen molar-refractivity contribution >= 4 is 5.78 Å². The van der Waals surface area contributed by atoms with Gasteiger partial charge in [-0.05, 0) is 6.92 Å². The fourth-order valence-electron chi connectivity index (χ4n) is 0.892. The Bertz CT molecular complexity index is 362. The van der Waals surface area contributed by atoms with Crippen LogP contribution in [-0.2, 0) is 22.6 Å². The highest BCUT2D eigenvalue weighted by Gasteiger charge is 2.27. The quantitative estimate of drug-likeness (QED) is 0.773. The Morgan fingerprint density at radius 3 is 2.75 bits per heavy atom. The Morgan fingerprint density at radius 1 is 1.50 bits per heavy atom. The van der Waals surface area contributed by atoms with E-state index in [-0.39, 0.29) is 23.9 Å². The lowest BCUT2D eigenvalue weighted by molar-refractivity contribution is -0.177. The Kier molecular flexibility index (Phi) is 3.99. The molecular weight excluding hydrogens is 229 g/mol. The van der Waals surface area contributed by atoms with E-state index in [1.807, 2.05) is 0 Å². The molecule has 16 heavy (non-hydrogen) atoms. The van der Waals surface area contributed by atoms with E-state index in [2.05, 4.69) is 19.4 Å². The van der Waals surface area contributed by atoms with Gasteiger partial charge in [-0.25, -0.2) is 0 Å². The van der Waals surface area contributed by atoms with E-state index in [0.717, 1.165) is 0 Å². The minimum atomic E-state index is -4.38. The Hall–Kier alpha value is -1.44. The molecule has 0 saturated heterocycles. The van der Waals surface area contributed by atoms with Gasteiger partial charge < -0.3 is 9.26 Å². The number of alkyl halides is 3. The summed E-state index contributed by atoms with van der Waals surface area (Å²) in [6.45, 7) is -0.436. The van der Waals surface area contributed by atoms with Gasteiger partial charge in [0.1, 0.15) is 19.0 Å². The summed E-state index contributed by atoms with van der Waals surface area (Å²) in [4.78, 5) is 14.3. The third kappa shape index (κ3) is 4.87. The molecule has 0 N–H and O–H groups in total. The summed E-state index contributed by atoms with van der Waals surface area (Å²) < 4.78 is 44.0. The number of Topliss-reactive ketones (excluding diaryl/α,β-unsaturated/α-hetero) is 1. The number of nitrogens with zero attached hydrogens (tertiary/aromatic N) is 2. The first-order valence-corrected chi connectivity index (χ1v) is 4.32. The van der Waals surface area contributed by atoms with E-state index in [0.29, 0.717) is 0 Å². The molecule has 0 atom stereocenters. The van der Waals surface area contributed by atoms with Crippen molar-refractivity contribution < 1.29 is 27.2 Å². The minimum Gasteiger partial charge on any atom is -0.364 e. The lowest BCUT2D eigenvalue weighted by Crippen LogP contribution is -2.17. The first kappa shape index (κ1) is 12.6. The van der Waals surface area contributed by atoms with Gasteiger partial charge in [-0.1, -0.05) is 5.16 Å². The number of carbonyl (C=O) groups is 1. The molecule has 0 radical (unpaired) electrons. The van der Waals surface area contributed by atoms with E-state index < -0.39 is 19.4 Å². The largest absolute Gasteiger partial charge is 0.411 e. The third-order valence-electron chi connectivity index (χ3n) is 1.41. The van der Waals surface area contributed by atoms with Crippen molar-refractivity contribution in [1.82, 2.24) is 10.1 Å². The van der Waals surface area contributed by atoms with Crippen molar-refractivity contribution in [3.8, 4) is 0 Å². The van der Waals surface area contributed by atoms with Gasteiger partial charge in [0.2, 0.25) is 5.89 Å². The Balaban J connectivity index is 2.38. The van der Waals surface area contributed by atoms with Crippen LogP contribution in [0.4, 0.5) is 13.2 Å². The second-order valence-corrected chi connectivity index (χ2v) is 3.09. The van der Waals surface area contributed by atoms with Gasteiger partial charge in [0.05, 0.1) is 6.42 Å². The minimum absolute atomic E-state index is 0.0134. The monoisotopic (exact) mass is 238 g/mol. The average Bonchev–Trinajstić information content (AvgIpc) is 2.49. The molecule has 8 heteroatoms. The third-order valence-corrected chi connectivity index (χ3v) is 1.41. The number of hydrogen-bond donors (Lipinski definition) is 0. The zero-order valence-electron chi connectivity index (χ0n) is 8.37. The van der Waals surface area contributed by atoms with Crippen LogP contribution >= 0.6 is 0 Å². The summed E-state index contributed by atoms with van der Waals surface area (Å²) >= 11 is 0. The summed E-state index contributed by atoms with van der Waals surface area (Å²) in [7, 11) is 0. The van der Waals surface area contributed by atoms with Crippen molar-refractivity contribution in [2.45, 2.75) is 26.1 Å². The smallest absolute Gasteiger partial charge is 0.364 e. The van der Waals surface area contributed by atoms with Gasteiger partial charge in [-0.2, -0.15) is 18.2 Å². The zero-order valence-corrected chi connectivity index (χ0v) is 8.37. The molecule has 0 aliphatic heterocycles. The number of carbonyl (C=O) groups excluding carboxylic acids is 1. The molecule has 0 fully saturated rings. The van der Waals surface area contributed by atoms with Gasteiger partial charge in [-0.15, -0.1) is 0 Å². The van der Waals surface area contributed by atoms with Crippen molar-refractivity contribution in [3.63, 3.8) is 0 Å². The summed E-state index contributed by atoms with van der Waals surface area (Å²) in [5.74, 6) is -0.120. The standard InChI is InChI=1S/C8H9F3N2O3/c1-5(14)2-7-12-6(13-16-7)3-15-4-8(9,10)11/h2-4H2,1H3. The number of ketones is 1. The highest BCUT2D eigenvalue weighted by molar-refractivity contribution is 5.77. The van der Waals surface area contributed by atoms with Crippen LogP contribution in [0.25, 0.3) is 0 Å². The molecular formula is C8H9F3N2O3. The number of ether oxygens (including phenoxy) is 1. The average molecular weight is 238 g/mol. The van der Waals surface area contributed by atoms with Gasteiger partial charge in [0, 0.05) is 0 Å². The van der Waals surface area contributed by atoms with Crippen LogP contribution in [0.1, 0.15) is 18.6 Å². The lowest BCUT2D eigenvalue weighted by Gasteiger charge is -2.04. The molecule has 1 aromatic rings. The van der Waals surface area contributed by atoms with Crippen molar-refractivity contribution in [3.05, 3.63) is 11.7 Å². The zero-order chi connectivity index (χ0) is 12.2. The van der Waals surface area contributed by atoms with E-state index in [1.165, 1.54) is 6.92 Å². The van der Waals surface area contributed by atoms with Crippen LogP contribution in [0.15, 0.2) is 4.52 Å². The first-order valence-electron chi connectivity index (χ1n) is 4.32. The second kappa shape index (κ2) is 5.06. The van der Waals surface area contributed by atoms with Gasteiger partial charge in [-0.3, -0.25) is 4.79 Å². The van der Waals surface area contributed by atoms with Crippen LogP contribution in [0.5, 0.6) is 0 Å². The normalized spacial score (nSPS) is 11.8. The maximum Gasteiger partial charge on any atom is 0.411 e. The molecule has 0 amide bonds. The van der Waals surface area contributed by atoms with E-state index in [1.54, 1.807) is 0 Å². The summed E-state index contributed by atoms with van der Waals surface area (Å²) in [6.07, 6.45) is -4.42. The molecule has 1 aromatic heterocycles. The van der Waals surface area contributed by atoms with Crippen LogP contribution in [0.2, 0.25) is 0 Å². The fourth-order valence-corrected chi connectivity index (χ4v) is 0.892. The predicted octanol–water partition coefficient (Wildman–Crippen LogP) is 1.28. The Labute approximate surface area is 88.6 Å². The first-order chi connectivity index (χ1) is 7.37. The maximum atomic E-state index is 11.7. The van der Waals surface area contributed by atoms with E-state index >= 15 is 0 Å². The number of rotatable bonds is 5. The molecule has 0 aliphatic rings. The molecule has 0 bridgehead atoms.